The maximum Gasteiger partial charge on any atom is 0.240 e. The standard InChI is InChI=1S/C16H16ClN3O2S/c1-12-3-2-4-15(9-12)23(21,22)18-8-7-14-11-20-10-13(17)5-6-16(20)19-14/h2-6,9-11,18H,7-8H2,1H3. The van der Waals surface area contributed by atoms with Gasteiger partial charge in [-0.15, -0.1) is 0 Å². The average Bonchev–Trinajstić information content (AvgIpc) is 2.89. The van der Waals surface area contributed by atoms with Gasteiger partial charge < -0.3 is 4.40 Å². The minimum Gasteiger partial charge on any atom is -0.305 e. The molecular formula is C16H16ClN3O2S. The number of rotatable bonds is 5. The molecule has 23 heavy (non-hydrogen) atoms. The first-order chi connectivity index (χ1) is 10.9. The lowest BCUT2D eigenvalue weighted by molar-refractivity contribution is 0.581. The molecule has 0 aliphatic heterocycles. The van der Waals surface area contributed by atoms with E-state index in [0.717, 1.165) is 16.9 Å². The van der Waals surface area contributed by atoms with Gasteiger partial charge in [0.05, 0.1) is 15.6 Å². The van der Waals surface area contributed by atoms with Crippen LogP contribution in [0.5, 0.6) is 0 Å². The van der Waals surface area contributed by atoms with Crippen molar-refractivity contribution in [1.82, 2.24) is 14.1 Å². The lowest BCUT2D eigenvalue weighted by Crippen LogP contribution is -2.26. The first kappa shape index (κ1) is 16.0. The summed E-state index contributed by atoms with van der Waals surface area (Å²) in [5.74, 6) is 0. The van der Waals surface area contributed by atoms with Crippen molar-refractivity contribution in [2.45, 2.75) is 18.2 Å². The van der Waals surface area contributed by atoms with Gasteiger partial charge in [0.25, 0.3) is 0 Å². The summed E-state index contributed by atoms with van der Waals surface area (Å²) in [5, 5.41) is 0.626. The average molecular weight is 350 g/mol. The van der Waals surface area contributed by atoms with Crippen molar-refractivity contribution in [3.63, 3.8) is 0 Å². The third-order valence-electron chi connectivity index (χ3n) is 3.44. The van der Waals surface area contributed by atoms with Crippen LogP contribution in [-0.4, -0.2) is 24.3 Å². The zero-order valence-electron chi connectivity index (χ0n) is 12.5. The number of nitrogens with zero attached hydrogens (tertiary/aromatic N) is 2. The van der Waals surface area contributed by atoms with Crippen molar-refractivity contribution in [3.8, 4) is 0 Å². The lowest BCUT2D eigenvalue weighted by Gasteiger charge is -2.06. The van der Waals surface area contributed by atoms with Gasteiger partial charge in [-0.25, -0.2) is 18.1 Å². The van der Waals surface area contributed by atoms with Crippen LogP contribution < -0.4 is 4.72 Å². The fourth-order valence-electron chi connectivity index (χ4n) is 2.32. The minimum atomic E-state index is -3.50. The summed E-state index contributed by atoms with van der Waals surface area (Å²) in [6.45, 7) is 2.15. The fourth-order valence-corrected chi connectivity index (χ4v) is 3.62. The fraction of sp³-hybridized carbons (Fsp3) is 0.188. The van der Waals surface area contributed by atoms with E-state index < -0.39 is 10.0 Å². The molecule has 2 heterocycles. The summed E-state index contributed by atoms with van der Waals surface area (Å²) in [5.41, 5.74) is 2.50. The molecule has 0 aliphatic carbocycles. The summed E-state index contributed by atoms with van der Waals surface area (Å²) in [7, 11) is -3.50. The Morgan fingerprint density at radius 2 is 2.04 bits per heavy atom. The highest BCUT2D eigenvalue weighted by molar-refractivity contribution is 7.89. The zero-order valence-corrected chi connectivity index (χ0v) is 14.1. The molecular weight excluding hydrogens is 334 g/mol. The molecule has 0 aliphatic rings. The molecule has 0 radical (unpaired) electrons. The van der Waals surface area contributed by atoms with E-state index in [1.165, 1.54) is 0 Å². The van der Waals surface area contributed by atoms with Crippen LogP contribution in [0.2, 0.25) is 5.02 Å². The maximum atomic E-state index is 12.2. The summed E-state index contributed by atoms with van der Waals surface area (Å²) in [4.78, 5) is 4.71. The zero-order chi connectivity index (χ0) is 16.4. The van der Waals surface area contributed by atoms with Gasteiger partial charge in [0.1, 0.15) is 5.65 Å². The second-order valence-electron chi connectivity index (χ2n) is 5.31. The third kappa shape index (κ3) is 3.72. The molecule has 1 N–H and O–H groups in total. The number of fused-ring (bicyclic) bond motifs is 1. The number of aryl methyl sites for hydroxylation is 1. The molecule has 120 valence electrons. The predicted molar refractivity (Wildman–Crippen MR) is 90.3 cm³/mol. The molecule has 0 saturated carbocycles. The van der Waals surface area contributed by atoms with E-state index in [9.17, 15) is 8.42 Å². The first-order valence-electron chi connectivity index (χ1n) is 7.13. The summed E-state index contributed by atoms with van der Waals surface area (Å²) in [6, 6.07) is 10.4. The highest BCUT2D eigenvalue weighted by Gasteiger charge is 2.13. The Balaban J connectivity index is 1.68. The van der Waals surface area contributed by atoms with E-state index in [2.05, 4.69) is 9.71 Å². The van der Waals surface area contributed by atoms with Gasteiger partial charge in [0.2, 0.25) is 10.0 Å². The quantitative estimate of drug-likeness (QED) is 0.770. The number of pyridine rings is 1. The Labute approximate surface area is 140 Å². The Kier molecular flexibility index (Phi) is 4.39. The summed E-state index contributed by atoms with van der Waals surface area (Å²) in [6.07, 6.45) is 4.12. The molecule has 3 aromatic rings. The molecule has 0 unspecified atom stereocenters. The molecule has 1 aromatic carbocycles. The van der Waals surface area contributed by atoms with Crippen molar-refractivity contribution in [1.29, 1.82) is 0 Å². The Morgan fingerprint density at radius 1 is 1.22 bits per heavy atom. The largest absolute Gasteiger partial charge is 0.305 e. The van der Waals surface area contributed by atoms with Crippen LogP contribution in [-0.2, 0) is 16.4 Å². The summed E-state index contributed by atoms with van der Waals surface area (Å²) >= 11 is 5.93. The lowest BCUT2D eigenvalue weighted by atomic mass is 10.2. The number of nitrogens with one attached hydrogen (secondary N) is 1. The topological polar surface area (TPSA) is 63.5 Å². The number of aromatic nitrogens is 2. The molecule has 3 rings (SSSR count). The maximum absolute atomic E-state index is 12.2. The van der Waals surface area contributed by atoms with E-state index in [1.54, 1.807) is 30.5 Å². The third-order valence-corrected chi connectivity index (χ3v) is 5.12. The van der Waals surface area contributed by atoms with E-state index in [1.807, 2.05) is 29.7 Å². The highest BCUT2D eigenvalue weighted by atomic mass is 35.5. The minimum absolute atomic E-state index is 0.277. The number of sulfonamides is 1. The van der Waals surface area contributed by atoms with E-state index in [-0.39, 0.29) is 11.4 Å². The Morgan fingerprint density at radius 3 is 2.83 bits per heavy atom. The molecule has 7 heteroatoms. The van der Waals surface area contributed by atoms with E-state index >= 15 is 0 Å². The molecule has 0 saturated heterocycles. The van der Waals surface area contributed by atoms with Crippen LogP contribution in [0, 0.1) is 6.92 Å². The molecule has 0 spiro atoms. The van der Waals surface area contributed by atoms with Crippen molar-refractivity contribution < 1.29 is 8.42 Å². The van der Waals surface area contributed by atoms with Crippen molar-refractivity contribution >= 4 is 27.3 Å². The van der Waals surface area contributed by atoms with Crippen LogP contribution >= 0.6 is 11.6 Å². The molecule has 0 atom stereocenters. The van der Waals surface area contributed by atoms with Gasteiger partial charge in [0.15, 0.2) is 0 Å². The van der Waals surface area contributed by atoms with Gasteiger partial charge in [-0.2, -0.15) is 0 Å². The molecule has 0 amide bonds. The SMILES string of the molecule is Cc1cccc(S(=O)(=O)NCCc2cn3cc(Cl)ccc3n2)c1. The second kappa shape index (κ2) is 6.31. The molecule has 0 fully saturated rings. The van der Waals surface area contributed by atoms with Crippen LogP contribution in [0.1, 0.15) is 11.3 Å². The van der Waals surface area contributed by atoms with Gasteiger partial charge in [0, 0.05) is 25.4 Å². The molecule has 2 aromatic heterocycles. The van der Waals surface area contributed by atoms with E-state index in [0.29, 0.717) is 11.4 Å². The molecule has 0 bridgehead atoms. The number of benzene rings is 1. The predicted octanol–water partition coefficient (Wildman–Crippen LogP) is 2.82. The monoisotopic (exact) mass is 349 g/mol. The number of hydrogen-bond donors (Lipinski definition) is 1. The van der Waals surface area contributed by atoms with Crippen LogP contribution in [0.3, 0.4) is 0 Å². The normalized spacial score (nSPS) is 11.9. The smallest absolute Gasteiger partial charge is 0.240 e. The number of halogens is 1. The Bertz CT molecular complexity index is 951. The number of hydrogen-bond acceptors (Lipinski definition) is 3. The van der Waals surface area contributed by atoms with Crippen molar-refractivity contribution in [2.24, 2.45) is 0 Å². The molecule has 5 nitrogen and oxygen atoms in total. The second-order valence-corrected chi connectivity index (χ2v) is 7.51. The van der Waals surface area contributed by atoms with Crippen LogP contribution in [0.15, 0.2) is 53.7 Å². The Hall–Kier alpha value is -1.89. The van der Waals surface area contributed by atoms with Crippen molar-refractivity contribution in [2.75, 3.05) is 6.54 Å². The van der Waals surface area contributed by atoms with Crippen LogP contribution in [0.25, 0.3) is 5.65 Å². The van der Waals surface area contributed by atoms with Crippen LogP contribution in [0.4, 0.5) is 0 Å². The first-order valence-corrected chi connectivity index (χ1v) is 9.00. The number of imidazole rings is 1. The van der Waals surface area contributed by atoms with Gasteiger partial charge in [-0.1, -0.05) is 23.7 Å². The van der Waals surface area contributed by atoms with E-state index in [4.69, 9.17) is 11.6 Å². The van der Waals surface area contributed by atoms with Gasteiger partial charge in [-0.3, -0.25) is 0 Å². The van der Waals surface area contributed by atoms with Gasteiger partial charge >= 0.3 is 0 Å². The van der Waals surface area contributed by atoms with Gasteiger partial charge in [-0.05, 0) is 36.8 Å². The summed E-state index contributed by atoms with van der Waals surface area (Å²) < 4.78 is 28.9. The highest BCUT2D eigenvalue weighted by Crippen LogP contribution is 2.13. The van der Waals surface area contributed by atoms with Crippen molar-refractivity contribution in [3.05, 3.63) is 65.1 Å².